The topological polar surface area (TPSA) is 86.3 Å². The summed E-state index contributed by atoms with van der Waals surface area (Å²) in [5, 5.41) is 15.8. The van der Waals surface area contributed by atoms with Gasteiger partial charge in [0.1, 0.15) is 0 Å². The number of carbonyl (C=O) groups is 2. The Labute approximate surface area is 98.6 Å². The molecule has 2 rings (SSSR count). The van der Waals surface area contributed by atoms with Crippen LogP contribution in [0.4, 0.5) is 5.82 Å². The number of H-pyrrole nitrogens is 1. The predicted octanol–water partition coefficient (Wildman–Crippen LogP) is 0.971. The van der Waals surface area contributed by atoms with Crippen LogP contribution in [0.1, 0.15) is 31.9 Å². The molecule has 17 heavy (non-hydrogen) atoms. The van der Waals surface area contributed by atoms with Crippen LogP contribution in [0.25, 0.3) is 0 Å². The Morgan fingerprint density at radius 2 is 2.35 bits per heavy atom. The largest absolute Gasteiger partial charge is 0.481 e. The van der Waals surface area contributed by atoms with Gasteiger partial charge in [0.2, 0.25) is 5.91 Å². The van der Waals surface area contributed by atoms with Gasteiger partial charge in [-0.2, -0.15) is 5.10 Å². The number of aromatic nitrogens is 2. The van der Waals surface area contributed by atoms with Crippen LogP contribution in [-0.2, 0) is 9.59 Å². The number of amides is 1. The molecule has 1 aromatic heterocycles. The molecule has 1 atom stereocenters. The number of carboxylic acid groups (broad SMARTS) is 1. The number of nitrogens with zero attached hydrogens (tertiary/aromatic N) is 2. The summed E-state index contributed by atoms with van der Waals surface area (Å²) in [6.45, 7) is 4.24. The molecule has 0 radical (unpaired) electrons. The van der Waals surface area contributed by atoms with Gasteiger partial charge in [0.05, 0.1) is 5.92 Å². The maximum atomic E-state index is 11.7. The number of rotatable bonds is 3. The molecule has 1 aliphatic rings. The van der Waals surface area contributed by atoms with E-state index in [2.05, 4.69) is 10.2 Å². The van der Waals surface area contributed by atoms with Crippen molar-refractivity contribution in [3.63, 3.8) is 0 Å². The third kappa shape index (κ3) is 2.15. The van der Waals surface area contributed by atoms with E-state index >= 15 is 0 Å². The van der Waals surface area contributed by atoms with E-state index in [1.54, 1.807) is 6.07 Å². The van der Waals surface area contributed by atoms with Gasteiger partial charge in [-0.3, -0.25) is 19.6 Å². The van der Waals surface area contributed by atoms with Crippen LogP contribution in [0.5, 0.6) is 0 Å². The Kier molecular flexibility index (Phi) is 2.87. The van der Waals surface area contributed by atoms with Gasteiger partial charge >= 0.3 is 5.97 Å². The number of hydrogen-bond donors (Lipinski definition) is 2. The highest BCUT2D eigenvalue weighted by Crippen LogP contribution is 2.25. The molecule has 1 aliphatic heterocycles. The molecule has 0 spiro atoms. The lowest BCUT2D eigenvalue weighted by Crippen LogP contribution is -2.26. The van der Waals surface area contributed by atoms with E-state index in [1.165, 1.54) is 4.90 Å². The van der Waals surface area contributed by atoms with E-state index in [1.807, 2.05) is 13.8 Å². The fraction of sp³-hybridized carbons (Fsp3) is 0.545. The first-order valence-corrected chi connectivity index (χ1v) is 5.57. The molecule has 1 saturated heterocycles. The smallest absolute Gasteiger partial charge is 0.308 e. The van der Waals surface area contributed by atoms with Crippen LogP contribution in [0, 0.1) is 5.92 Å². The minimum absolute atomic E-state index is 0.0548. The number of nitrogens with one attached hydrogen (secondary N) is 1. The van der Waals surface area contributed by atoms with Crippen molar-refractivity contribution < 1.29 is 14.7 Å². The van der Waals surface area contributed by atoms with Gasteiger partial charge in [0, 0.05) is 24.7 Å². The maximum Gasteiger partial charge on any atom is 0.308 e. The molecule has 2 N–H and O–H groups in total. The number of carboxylic acids is 1. The van der Waals surface area contributed by atoms with Crippen molar-refractivity contribution >= 4 is 17.7 Å². The minimum Gasteiger partial charge on any atom is -0.481 e. The van der Waals surface area contributed by atoms with E-state index < -0.39 is 11.9 Å². The van der Waals surface area contributed by atoms with Gasteiger partial charge in [-0.1, -0.05) is 13.8 Å². The first-order chi connectivity index (χ1) is 7.99. The van der Waals surface area contributed by atoms with Crippen LogP contribution in [-0.4, -0.2) is 33.7 Å². The lowest BCUT2D eigenvalue weighted by Gasteiger charge is -2.11. The van der Waals surface area contributed by atoms with E-state index in [4.69, 9.17) is 5.11 Å². The second kappa shape index (κ2) is 4.20. The average Bonchev–Trinajstić information content (AvgIpc) is 2.83. The Morgan fingerprint density at radius 3 is 2.82 bits per heavy atom. The summed E-state index contributed by atoms with van der Waals surface area (Å²) in [6.07, 6.45) is 0.0548. The number of anilines is 1. The SMILES string of the molecule is CC(C)c1cc(N2CC(C(=O)O)CC2=O)n[nH]1. The van der Waals surface area contributed by atoms with E-state index in [0.29, 0.717) is 11.7 Å². The van der Waals surface area contributed by atoms with Crippen molar-refractivity contribution in [1.29, 1.82) is 0 Å². The van der Waals surface area contributed by atoms with Gasteiger partial charge in [0.15, 0.2) is 5.82 Å². The van der Waals surface area contributed by atoms with Gasteiger partial charge in [-0.25, -0.2) is 0 Å². The van der Waals surface area contributed by atoms with Crippen LogP contribution in [0.2, 0.25) is 0 Å². The monoisotopic (exact) mass is 237 g/mol. The molecule has 0 aliphatic carbocycles. The molecule has 6 nitrogen and oxygen atoms in total. The molecular formula is C11H15N3O3. The lowest BCUT2D eigenvalue weighted by atomic mass is 10.1. The standard InChI is InChI=1S/C11H15N3O3/c1-6(2)8-4-9(13-12-8)14-5-7(11(16)17)3-10(14)15/h4,6-7H,3,5H2,1-2H3,(H,12,13)(H,16,17). The summed E-state index contributed by atoms with van der Waals surface area (Å²) in [5.41, 5.74) is 0.937. The molecule has 1 fully saturated rings. The highest BCUT2D eigenvalue weighted by Gasteiger charge is 2.36. The van der Waals surface area contributed by atoms with Crippen LogP contribution >= 0.6 is 0 Å². The Morgan fingerprint density at radius 1 is 1.65 bits per heavy atom. The normalized spacial score (nSPS) is 20.3. The number of carbonyl (C=O) groups excluding carboxylic acids is 1. The molecule has 1 amide bonds. The second-order valence-electron chi connectivity index (χ2n) is 4.58. The zero-order chi connectivity index (χ0) is 12.6. The molecule has 2 heterocycles. The van der Waals surface area contributed by atoms with Crippen LogP contribution in [0.15, 0.2) is 6.07 Å². The molecule has 0 saturated carbocycles. The zero-order valence-electron chi connectivity index (χ0n) is 9.80. The van der Waals surface area contributed by atoms with Crippen LogP contribution < -0.4 is 4.90 Å². The van der Waals surface area contributed by atoms with Gasteiger partial charge in [0.25, 0.3) is 0 Å². The van der Waals surface area contributed by atoms with Crippen molar-refractivity contribution in [2.45, 2.75) is 26.2 Å². The summed E-state index contributed by atoms with van der Waals surface area (Å²) in [5.74, 6) is -0.923. The minimum atomic E-state index is -0.930. The van der Waals surface area contributed by atoms with Crippen molar-refractivity contribution in [3.8, 4) is 0 Å². The molecule has 6 heteroatoms. The predicted molar refractivity (Wildman–Crippen MR) is 60.8 cm³/mol. The summed E-state index contributed by atoms with van der Waals surface area (Å²) in [6, 6.07) is 1.80. The fourth-order valence-corrected chi connectivity index (χ4v) is 1.85. The van der Waals surface area contributed by atoms with Gasteiger partial charge in [-0.05, 0) is 5.92 Å². The summed E-state index contributed by atoms with van der Waals surface area (Å²) >= 11 is 0. The molecule has 92 valence electrons. The Balaban J connectivity index is 2.17. The van der Waals surface area contributed by atoms with Crippen molar-refractivity contribution in [3.05, 3.63) is 11.8 Å². The van der Waals surface area contributed by atoms with Gasteiger partial charge < -0.3 is 5.11 Å². The van der Waals surface area contributed by atoms with Crippen molar-refractivity contribution in [1.82, 2.24) is 10.2 Å². The van der Waals surface area contributed by atoms with E-state index in [-0.39, 0.29) is 18.9 Å². The molecule has 1 aromatic rings. The van der Waals surface area contributed by atoms with E-state index in [9.17, 15) is 9.59 Å². The fourth-order valence-electron chi connectivity index (χ4n) is 1.85. The highest BCUT2D eigenvalue weighted by molar-refractivity contribution is 5.98. The second-order valence-corrected chi connectivity index (χ2v) is 4.58. The first-order valence-electron chi connectivity index (χ1n) is 5.57. The molecular weight excluding hydrogens is 222 g/mol. The summed E-state index contributed by atoms with van der Waals surface area (Å²) in [7, 11) is 0. The van der Waals surface area contributed by atoms with Crippen molar-refractivity contribution in [2.75, 3.05) is 11.4 Å². The lowest BCUT2D eigenvalue weighted by molar-refractivity contribution is -0.141. The Hall–Kier alpha value is -1.85. The maximum absolute atomic E-state index is 11.7. The van der Waals surface area contributed by atoms with E-state index in [0.717, 1.165) is 5.69 Å². The number of aliphatic carboxylic acids is 1. The summed E-state index contributed by atoms with van der Waals surface area (Å²) < 4.78 is 0. The third-order valence-corrected chi connectivity index (χ3v) is 2.96. The molecule has 0 bridgehead atoms. The molecule has 0 aromatic carbocycles. The molecule has 1 unspecified atom stereocenters. The third-order valence-electron chi connectivity index (χ3n) is 2.96. The number of hydrogen-bond acceptors (Lipinski definition) is 3. The highest BCUT2D eigenvalue weighted by atomic mass is 16.4. The van der Waals surface area contributed by atoms with Crippen molar-refractivity contribution in [2.24, 2.45) is 5.92 Å². The average molecular weight is 237 g/mol. The number of aromatic amines is 1. The zero-order valence-corrected chi connectivity index (χ0v) is 9.80. The summed E-state index contributed by atoms with van der Waals surface area (Å²) in [4.78, 5) is 23.9. The first kappa shape index (κ1) is 11.6. The van der Waals surface area contributed by atoms with Gasteiger partial charge in [-0.15, -0.1) is 0 Å². The Bertz CT molecular complexity index is 453. The van der Waals surface area contributed by atoms with Crippen LogP contribution in [0.3, 0.4) is 0 Å². The quantitative estimate of drug-likeness (QED) is 0.820.